The second-order valence-corrected chi connectivity index (χ2v) is 7.75. The van der Waals surface area contributed by atoms with E-state index >= 15 is 0 Å². The zero-order valence-corrected chi connectivity index (χ0v) is 13.3. The van der Waals surface area contributed by atoms with Crippen LogP contribution < -0.4 is 0 Å². The first-order valence-corrected chi connectivity index (χ1v) is 7.21. The summed E-state index contributed by atoms with van der Waals surface area (Å²) < 4.78 is 0.270. The number of rotatable bonds is 4. The van der Waals surface area contributed by atoms with Gasteiger partial charge in [-0.1, -0.05) is 74.6 Å². The summed E-state index contributed by atoms with van der Waals surface area (Å²) in [4.78, 5) is 0. The molecule has 0 nitrogen and oxygen atoms in total. The molecule has 1 heteroatoms. The molecule has 90 valence electrons. The fourth-order valence-electron chi connectivity index (χ4n) is 1.68. The van der Waals surface area contributed by atoms with Crippen molar-refractivity contribution in [3.05, 3.63) is 35.4 Å². The van der Waals surface area contributed by atoms with E-state index in [1.165, 1.54) is 24.0 Å². The lowest BCUT2D eigenvalue weighted by atomic mass is 9.81. The van der Waals surface area contributed by atoms with Crippen molar-refractivity contribution in [2.45, 2.75) is 56.3 Å². The van der Waals surface area contributed by atoms with Gasteiger partial charge >= 0.3 is 0 Å². The molecule has 1 aromatic carbocycles. The second-order valence-electron chi connectivity index (χ2n) is 5.37. The van der Waals surface area contributed by atoms with Crippen molar-refractivity contribution >= 4 is 22.6 Å². The Morgan fingerprint density at radius 2 is 1.31 bits per heavy atom. The summed E-state index contributed by atoms with van der Waals surface area (Å²) in [5.74, 6) is 0. The molecule has 0 saturated heterocycles. The highest BCUT2D eigenvalue weighted by Crippen LogP contribution is 2.36. The summed E-state index contributed by atoms with van der Waals surface area (Å²) in [5.41, 5.74) is 3.18. The Labute approximate surface area is 114 Å². The maximum absolute atomic E-state index is 2.55. The summed E-state index contributed by atoms with van der Waals surface area (Å²) in [6, 6.07) is 9.18. The molecule has 0 radical (unpaired) electrons. The van der Waals surface area contributed by atoms with Crippen LogP contribution in [0.3, 0.4) is 0 Å². The quantitative estimate of drug-likeness (QED) is 0.510. The predicted molar refractivity (Wildman–Crippen MR) is 81.4 cm³/mol. The van der Waals surface area contributed by atoms with Crippen LogP contribution in [0.5, 0.6) is 0 Å². The van der Waals surface area contributed by atoms with Gasteiger partial charge < -0.3 is 0 Å². The first kappa shape index (κ1) is 14.0. The van der Waals surface area contributed by atoms with E-state index in [0.717, 1.165) is 0 Å². The van der Waals surface area contributed by atoms with Crippen LogP contribution in [0.2, 0.25) is 0 Å². The average Bonchev–Trinajstić information content (AvgIpc) is 2.29. The topological polar surface area (TPSA) is 0 Å². The van der Waals surface area contributed by atoms with Gasteiger partial charge in [0.2, 0.25) is 0 Å². The third kappa shape index (κ3) is 2.99. The van der Waals surface area contributed by atoms with E-state index in [0.29, 0.717) is 5.41 Å². The van der Waals surface area contributed by atoms with Crippen molar-refractivity contribution in [1.82, 2.24) is 0 Å². The van der Waals surface area contributed by atoms with Gasteiger partial charge in [-0.15, -0.1) is 0 Å². The molecule has 0 aliphatic rings. The molecule has 0 bridgehead atoms. The van der Waals surface area contributed by atoms with Crippen molar-refractivity contribution in [3.63, 3.8) is 0 Å². The van der Waals surface area contributed by atoms with Crippen molar-refractivity contribution in [1.29, 1.82) is 0 Å². The number of alkyl halides is 1. The van der Waals surface area contributed by atoms with Gasteiger partial charge in [0.25, 0.3) is 0 Å². The van der Waals surface area contributed by atoms with Crippen LogP contribution in [0.15, 0.2) is 24.3 Å². The van der Waals surface area contributed by atoms with Crippen LogP contribution >= 0.6 is 22.6 Å². The molecule has 0 spiro atoms. The Bertz CT molecular complexity index is 298. The number of halogens is 1. The molecule has 16 heavy (non-hydrogen) atoms. The molecule has 0 fully saturated rings. The standard InChI is InChI=1S/C15H23I/c1-6-14(3,4)12-8-10-13(11-9-12)15(5,16)7-2/h8-11H,6-7H2,1-5H3. The van der Waals surface area contributed by atoms with Gasteiger partial charge in [-0.05, 0) is 36.3 Å². The maximum Gasteiger partial charge on any atom is 0.0439 e. The van der Waals surface area contributed by atoms with E-state index < -0.39 is 0 Å². The van der Waals surface area contributed by atoms with Gasteiger partial charge in [-0.3, -0.25) is 0 Å². The molecule has 0 aromatic heterocycles. The van der Waals surface area contributed by atoms with E-state index in [-0.39, 0.29) is 3.42 Å². The molecular formula is C15H23I. The van der Waals surface area contributed by atoms with Crippen LogP contribution in [0.1, 0.15) is 58.6 Å². The van der Waals surface area contributed by atoms with Gasteiger partial charge in [-0.25, -0.2) is 0 Å². The van der Waals surface area contributed by atoms with Crippen LogP contribution in [0.4, 0.5) is 0 Å². The molecular weight excluding hydrogens is 307 g/mol. The SMILES string of the molecule is CCC(C)(C)c1ccc(C(C)(I)CC)cc1. The monoisotopic (exact) mass is 330 g/mol. The Hall–Kier alpha value is -0.0500. The van der Waals surface area contributed by atoms with Crippen LogP contribution in [-0.4, -0.2) is 0 Å². The van der Waals surface area contributed by atoms with Gasteiger partial charge in [0.1, 0.15) is 0 Å². The minimum Gasteiger partial charge on any atom is -0.0740 e. The number of benzene rings is 1. The first-order valence-electron chi connectivity index (χ1n) is 6.13. The molecule has 1 atom stereocenters. The van der Waals surface area contributed by atoms with Crippen molar-refractivity contribution in [2.75, 3.05) is 0 Å². The second kappa shape index (κ2) is 5.07. The van der Waals surface area contributed by atoms with Gasteiger partial charge in [0.15, 0.2) is 0 Å². The summed E-state index contributed by atoms with van der Waals surface area (Å²) >= 11 is 2.55. The maximum atomic E-state index is 2.55. The first-order chi connectivity index (χ1) is 7.33. The highest BCUT2D eigenvalue weighted by molar-refractivity contribution is 14.1. The van der Waals surface area contributed by atoms with E-state index in [4.69, 9.17) is 0 Å². The summed E-state index contributed by atoms with van der Waals surface area (Å²) in [7, 11) is 0. The minimum absolute atomic E-state index is 0.270. The van der Waals surface area contributed by atoms with Crippen LogP contribution in [0, 0.1) is 0 Å². The third-order valence-electron chi connectivity index (χ3n) is 3.82. The smallest absolute Gasteiger partial charge is 0.0439 e. The lowest BCUT2D eigenvalue weighted by Crippen LogP contribution is -2.16. The number of hydrogen-bond acceptors (Lipinski definition) is 0. The number of hydrogen-bond donors (Lipinski definition) is 0. The third-order valence-corrected chi connectivity index (χ3v) is 5.20. The van der Waals surface area contributed by atoms with Gasteiger partial charge in [-0.2, -0.15) is 0 Å². The average molecular weight is 330 g/mol. The Kier molecular flexibility index (Phi) is 4.44. The highest BCUT2D eigenvalue weighted by Gasteiger charge is 2.22. The largest absolute Gasteiger partial charge is 0.0740 e. The summed E-state index contributed by atoms with van der Waals surface area (Å²) in [6.07, 6.45) is 2.35. The highest BCUT2D eigenvalue weighted by atomic mass is 127. The van der Waals surface area contributed by atoms with Crippen molar-refractivity contribution in [3.8, 4) is 0 Å². The summed E-state index contributed by atoms with van der Waals surface area (Å²) in [6.45, 7) is 11.4. The van der Waals surface area contributed by atoms with E-state index in [9.17, 15) is 0 Å². The zero-order chi connectivity index (χ0) is 12.4. The lowest BCUT2D eigenvalue weighted by Gasteiger charge is -2.26. The van der Waals surface area contributed by atoms with Crippen molar-refractivity contribution in [2.24, 2.45) is 0 Å². The van der Waals surface area contributed by atoms with Gasteiger partial charge in [0, 0.05) is 3.42 Å². The lowest BCUT2D eigenvalue weighted by molar-refractivity contribution is 0.506. The molecule has 0 heterocycles. The zero-order valence-electron chi connectivity index (χ0n) is 11.1. The molecule has 0 aliphatic heterocycles. The molecule has 1 aromatic rings. The van der Waals surface area contributed by atoms with E-state index in [2.05, 4.69) is 81.5 Å². The predicted octanol–water partition coefficient (Wildman–Crippen LogP) is 5.43. The molecule has 0 amide bonds. The Morgan fingerprint density at radius 3 is 1.69 bits per heavy atom. The minimum atomic E-state index is 0.270. The van der Waals surface area contributed by atoms with Gasteiger partial charge in [0.05, 0.1) is 0 Å². The van der Waals surface area contributed by atoms with Crippen LogP contribution in [-0.2, 0) is 8.84 Å². The van der Waals surface area contributed by atoms with Crippen molar-refractivity contribution < 1.29 is 0 Å². The fourth-order valence-corrected chi connectivity index (χ4v) is 2.04. The molecule has 0 saturated carbocycles. The molecule has 1 unspecified atom stereocenters. The van der Waals surface area contributed by atoms with E-state index in [1.54, 1.807) is 0 Å². The Balaban J connectivity index is 3.00. The Morgan fingerprint density at radius 1 is 0.875 bits per heavy atom. The van der Waals surface area contributed by atoms with Crippen LogP contribution in [0.25, 0.3) is 0 Å². The fraction of sp³-hybridized carbons (Fsp3) is 0.600. The molecule has 0 N–H and O–H groups in total. The van der Waals surface area contributed by atoms with E-state index in [1.807, 2.05) is 0 Å². The molecule has 1 rings (SSSR count). The molecule has 0 aliphatic carbocycles. The summed E-state index contributed by atoms with van der Waals surface area (Å²) in [5, 5.41) is 0. The normalized spacial score (nSPS) is 15.9.